The maximum absolute atomic E-state index is 11.6. The number of nitrogens with zero attached hydrogens (tertiary/aromatic N) is 1. The summed E-state index contributed by atoms with van der Waals surface area (Å²) in [6, 6.07) is 5.50. The number of fused-ring (bicyclic) bond motifs is 3. The van der Waals surface area contributed by atoms with Gasteiger partial charge in [-0.1, -0.05) is 12.2 Å². The molecule has 1 aromatic carbocycles. The van der Waals surface area contributed by atoms with Crippen LogP contribution in [-0.2, 0) is 4.74 Å². The molecule has 0 amide bonds. The molecule has 0 spiro atoms. The molecule has 0 saturated heterocycles. The number of allylic oxidation sites excluding steroid dienone is 4. The van der Waals surface area contributed by atoms with Crippen LogP contribution in [0.4, 0.5) is 5.69 Å². The maximum Gasteiger partial charge on any atom is 0.337 e. The van der Waals surface area contributed by atoms with Crippen molar-refractivity contribution >= 4 is 45.5 Å². The number of carbonyl (C=O) groups excluding carboxylic acids is 1. The van der Waals surface area contributed by atoms with Crippen LogP contribution in [0.1, 0.15) is 22.3 Å². The number of benzene rings is 1. The first-order valence-corrected chi connectivity index (χ1v) is 6.65. The van der Waals surface area contributed by atoms with E-state index in [1.165, 1.54) is 10.7 Å². The molecule has 1 aromatic rings. The first-order valence-electron chi connectivity index (χ1n) is 5.57. The Balaban J connectivity index is 2.16. The van der Waals surface area contributed by atoms with E-state index in [0.29, 0.717) is 5.56 Å². The van der Waals surface area contributed by atoms with Crippen LogP contribution < -0.4 is 0 Å². The Morgan fingerprint density at radius 2 is 2.28 bits per heavy atom. The van der Waals surface area contributed by atoms with Gasteiger partial charge >= 0.3 is 5.97 Å². The normalized spacial score (nSPS) is 16.2. The number of methoxy groups -OCH3 is 1. The highest BCUT2D eigenvalue weighted by molar-refractivity contribution is 14.1. The van der Waals surface area contributed by atoms with Gasteiger partial charge in [0, 0.05) is 21.1 Å². The van der Waals surface area contributed by atoms with Gasteiger partial charge in [0.15, 0.2) is 0 Å². The molecule has 2 aliphatic rings. The summed E-state index contributed by atoms with van der Waals surface area (Å²) in [7, 11) is 1.39. The lowest BCUT2D eigenvalue weighted by molar-refractivity contribution is 0.0601. The van der Waals surface area contributed by atoms with E-state index in [4.69, 9.17) is 4.74 Å². The molecule has 4 heteroatoms. The second-order valence-electron chi connectivity index (χ2n) is 4.11. The van der Waals surface area contributed by atoms with Crippen molar-refractivity contribution in [3.63, 3.8) is 0 Å². The minimum atomic E-state index is -0.312. The van der Waals surface area contributed by atoms with E-state index in [-0.39, 0.29) is 5.97 Å². The molecule has 0 atom stereocenters. The topological polar surface area (TPSA) is 38.7 Å². The van der Waals surface area contributed by atoms with Gasteiger partial charge in [0.2, 0.25) is 0 Å². The monoisotopic (exact) mass is 351 g/mol. The van der Waals surface area contributed by atoms with Crippen molar-refractivity contribution in [1.29, 1.82) is 0 Å². The molecule has 0 radical (unpaired) electrons. The van der Waals surface area contributed by atoms with Crippen LogP contribution in [-0.4, -0.2) is 18.8 Å². The zero-order valence-electron chi connectivity index (χ0n) is 9.74. The van der Waals surface area contributed by atoms with Gasteiger partial charge in [-0.2, -0.15) is 0 Å². The lowest BCUT2D eigenvalue weighted by Gasteiger charge is -2.10. The number of rotatable bonds is 1. The molecule has 0 aromatic heterocycles. The van der Waals surface area contributed by atoms with E-state index >= 15 is 0 Å². The van der Waals surface area contributed by atoms with Crippen LogP contribution in [0.5, 0.6) is 0 Å². The minimum absolute atomic E-state index is 0.312. The average Bonchev–Trinajstić information content (AvgIpc) is 2.76. The summed E-state index contributed by atoms with van der Waals surface area (Å²) >= 11 is 2.31. The molecule has 0 fully saturated rings. The standard InChI is InChI=1S/C14H10INO2/c1-18-14(17)8-5-6-11-9(7-8)13-10(15)3-2-4-12(13)16-11/h2-3,5-7H,4H2,1H3. The second kappa shape index (κ2) is 4.35. The summed E-state index contributed by atoms with van der Waals surface area (Å²) in [5, 5.41) is 0. The summed E-state index contributed by atoms with van der Waals surface area (Å²) in [6.07, 6.45) is 5.05. The fourth-order valence-corrected chi connectivity index (χ4v) is 3.06. The van der Waals surface area contributed by atoms with Crippen molar-refractivity contribution < 1.29 is 9.53 Å². The number of ether oxygens (including phenoxy) is 1. The smallest absolute Gasteiger partial charge is 0.337 e. The van der Waals surface area contributed by atoms with Gasteiger partial charge < -0.3 is 4.74 Å². The zero-order valence-corrected chi connectivity index (χ0v) is 11.9. The first-order chi connectivity index (χ1) is 8.70. The summed E-state index contributed by atoms with van der Waals surface area (Å²) in [5.74, 6) is -0.312. The quantitative estimate of drug-likeness (QED) is 0.572. The Morgan fingerprint density at radius 3 is 3.06 bits per heavy atom. The molecule has 1 heterocycles. The van der Waals surface area contributed by atoms with Crippen molar-refractivity contribution in [2.24, 2.45) is 4.99 Å². The number of hydrogen-bond acceptors (Lipinski definition) is 3. The summed E-state index contributed by atoms with van der Waals surface area (Å²) in [4.78, 5) is 16.2. The number of esters is 1. The van der Waals surface area contributed by atoms with E-state index in [1.54, 1.807) is 6.07 Å². The molecule has 0 N–H and O–H groups in total. The fraction of sp³-hybridized carbons (Fsp3) is 0.143. The van der Waals surface area contributed by atoms with Crippen LogP contribution in [0, 0.1) is 0 Å². The molecular formula is C14H10INO2. The largest absolute Gasteiger partial charge is 0.465 e. The predicted molar refractivity (Wildman–Crippen MR) is 79.6 cm³/mol. The van der Waals surface area contributed by atoms with Crippen LogP contribution in [0.2, 0.25) is 0 Å². The molecule has 1 aliphatic carbocycles. The Hall–Kier alpha value is -1.43. The SMILES string of the molecule is COC(=O)c1ccc2c(c1)C1=C(I)C=CCC1=N2. The Bertz CT molecular complexity index is 641. The molecule has 0 saturated carbocycles. The van der Waals surface area contributed by atoms with Crippen LogP contribution in [0.25, 0.3) is 5.57 Å². The third kappa shape index (κ3) is 1.71. The van der Waals surface area contributed by atoms with Crippen molar-refractivity contribution in [2.75, 3.05) is 7.11 Å². The van der Waals surface area contributed by atoms with E-state index in [2.05, 4.69) is 39.7 Å². The van der Waals surface area contributed by atoms with Crippen molar-refractivity contribution in [2.45, 2.75) is 6.42 Å². The van der Waals surface area contributed by atoms with Gasteiger partial charge in [-0.3, -0.25) is 4.99 Å². The molecule has 0 unspecified atom stereocenters. The van der Waals surface area contributed by atoms with Gasteiger partial charge in [-0.15, -0.1) is 0 Å². The van der Waals surface area contributed by atoms with E-state index in [1.807, 2.05) is 12.1 Å². The van der Waals surface area contributed by atoms with Gasteiger partial charge in [0.05, 0.1) is 24.1 Å². The van der Waals surface area contributed by atoms with Crippen LogP contribution in [0.3, 0.4) is 0 Å². The van der Waals surface area contributed by atoms with Gasteiger partial charge in [0.25, 0.3) is 0 Å². The third-order valence-electron chi connectivity index (χ3n) is 3.05. The highest BCUT2D eigenvalue weighted by Crippen LogP contribution is 2.41. The Labute approximate surface area is 118 Å². The van der Waals surface area contributed by atoms with Crippen LogP contribution >= 0.6 is 22.6 Å². The van der Waals surface area contributed by atoms with Crippen LogP contribution in [0.15, 0.2) is 38.9 Å². The highest BCUT2D eigenvalue weighted by Gasteiger charge is 2.25. The molecule has 3 nitrogen and oxygen atoms in total. The molecule has 1 aliphatic heterocycles. The molecular weight excluding hydrogens is 341 g/mol. The van der Waals surface area contributed by atoms with E-state index in [9.17, 15) is 4.79 Å². The highest BCUT2D eigenvalue weighted by atomic mass is 127. The first kappa shape index (κ1) is 11.6. The van der Waals surface area contributed by atoms with E-state index < -0.39 is 0 Å². The Kier molecular flexibility index (Phi) is 2.81. The summed E-state index contributed by atoms with van der Waals surface area (Å²) in [5.41, 5.74) is 4.77. The lowest BCUT2D eigenvalue weighted by Crippen LogP contribution is -2.03. The van der Waals surface area contributed by atoms with E-state index in [0.717, 1.165) is 29.0 Å². The number of hydrogen-bond donors (Lipinski definition) is 0. The number of carbonyl (C=O) groups is 1. The third-order valence-corrected chi connectivity index (χ3v) is 3.94. The molecule has 18 heavy (non-hydrogen) atoms. The van der Waals surface area contributed by atoms with Crippen molar-refractivity contribution in [1.82, 2.24) is 0 Å². The zero-order chi connectivity index (χ0) is 12.7. The van der Waals surface area contributed by atoms with Crippen molar-refractivity contribution in [3.8, 4) is 0 Å². The molecule has 0 bridgehead atoms. The van der Waals surface area contributed by atoms with Crippen molar-refractivity contribution in [3.05, 3.63) is 45.1 Å². The van der Waals surface area contributed by atoms with Gasteiger partial charge in [-0.05, 0) is 40.8 Å². The van der Waals surface area contributed by atoms with Gasteiger partial charge in [0.1, 0.15) is 0 Å². The average molecular weight is 351 g/mol. The minimum Gasteiger partial charge on any atom is -0.465 e. The lowest BCUT2D eigenvalue weighted by atomic mass is 9.96. The number of halogens is 1. The van der Waals surface area contributed by atoms with Gasteiger partial charge in [-0.25, -0.2) is 4.79 Å². The summed E-state index contributed by atoms with van der Waals surface area (Å²) < 4.78 is 5.92. The maximum atomic E-state index is 11.6. The number of aliphatic imine (C=N–C) groups is 1. The Morgan fingerprint density at radius 1 is 1.44 bits per heavy atom. The molecule has 3 rings (SSSR count). The predicted octanol–water partition coefficient (Wildman–Crippen LogP) is 3.67. The summed E-state index contributed by atoms with van der Waals surface area (Å²) in [6.45, 7) is 0. The molecule has 90 valence electrons. The fourth-order valence-electron chi connectivity index (χ4n) is 2.21. The second-order valence-corrected chi connectivity index (χ2v) is 5.27.